The fourth-order valence-electron chi connectivity index (χ4n) is 1.58. The predicted octanol–water partition coefficient (Wildman–Crippen LogP) is 0.183. The van der Waals surface area contributed by atoms with Gasteiger partial charge in [-0.05, 0) is 37.6 Å². The number of nitrogens with two attached hydrogens (primary N) is 3. The van der Waals surface area contributed by atoms with E-state index in [1.54, 1.807) is 0 Å². The number of carbonyl (C=O) groups excluding carboxylic acids is 1. The lowest BCUT2D eigenvalue weighted by atomic mass is 10.1. The molecular weight excluding hydrogens is 316 g/mol. The van der Waals surface area contributed by atoms with Crippen LogP contribution in [0.4, 0.5) is 5.69 Å². The van der Waals surface area contributed by atoms with Gasteiger partial charge in [-0.15, -0.1) is 0 Å². The van der Waals surface area contributed by atoms with Gasteiger partial charge in [0.25, 0.3) is 15.9 Å². The van der Waals surface area contributed by atoms with Gasteiger partial charge in [0.05, 0.1) is 21.6 Å². The number of nitrogen functional groups attached to an aromatic ring is 1. The van der Waals surface area contributed by atoms with Gasteiger partial charge in [0.15, 0.2) is 0 Å². The number of rotatable bonds is 7. The van der Waals surface area contributed by atoms with E-state index >= 15 is 0 Å². The molecule has 118 valence electrons. The minimum Gasteiger partial charge on any atom is -0.398 e. The average molecular weight is 335 g/mol. The number of carbonyl (C=O) groups is 1. The van der Waals surface area contributed by atoms with E-state index in [1.165, 1.54) is 18.2 Å². The van der Waals surface area contributed by atoms with E-state index in [-0.39, 0.29) is 15.6 Å². The molecule has 0 fully saturated rings. The molecule has 21 heavy (non-hydrogen) atoms. The van der Waals surface area contributed by atoms with E-state index in [0.717, 1.165) is 6.42 Å². The largest absolute Gasteiger partial charge is 0.398 e. The molecule has 0 aromatic heterocycles. The number of hydrogen-bond donors (Lipinski definition) is 4. The van der Waals surface area contributed by atoms with Crippen LogP contribution in [0.2, 0.25) is 5.02 Å². The first kappa shape index (κ1) is 17.7. The van der Waals surface area contributed by atoms with Gasteiger partial charge in [-0.2, -0.15) is 0 Å². The summed E-state index contributed by atoms with van der Waals surface area (Å²) in [5.74, 6) is -0.764. The molecule has 7 N–H and O–H groups in total. The van der Waals surface area contributed by atoms with Gasteiger partial charge in [-0.1, -0.05) is 18.0 Å². The summed E-state index contributed by atoms with van der Waals surface area (Å²) in [6, 6.07) is 2.88. The zero-order valence-corrected chi connectivity index (χ0v) is 13.0. The lowest BCUT2D eigenvalue weighted by Gasteiger charge is -2.12. The maximum atomic E-state index is 12.0. The molecule has 1 aromatic carbocycles. The Balaban J connectivity index is 2.75. The third-order valence-electron chi connectivity index (χ3n) is 2.82. The molecule has 0 radical (unpaired) electrons. The highest BCUT2D eigenvalue weighted by atomic mass is 35.5. The fourth-order valence-corrected chi connectivity index (χ4v) is 2.88. The molecule has 1 aromatic rings. The van der Waals surface area contributed by atoms with E-state index in [0.29, 0.717) is 19.4 Å². The topological polar surface area (TPSA) is 141 Å². The molecule has 0 saturated heterocycles. The Labute approximate surface area is 128 Å². The van der Waals surface area contributed by atoms with Gasteiger partial charge in [0.2, 0.25) is 0 Å². The first-order valence-electron chi connectivity index (χ1n) is 6.35. The Morgan fingerprint density at radius 1 is 1.33 bits per heavy atom. The molecule has 0 aliphatic heterocycles. The number of benzene rings is 1. The quantitative estimate of drug-likeness (QED) is 0.414. The van der Waals surface area contributed by atoms with Gasteiger partial charge in [0.1, 0.15) is 0 Å². The van der Waals surface area contributed by atoms with Crippen LogP contribution in [-0.2, 0) is 14.8 Å². The van der Waals surface area contributed by atoms with Gasteiger partial charge in [0, 0.05) is 0 Å². The number of sulfonamides is 1. The van der Waals surface area contributed by atoms with Crippen LogP contribution in [0.3, 0.4) is 0 Å². The highest BCUT2D eigenvalue weighted by Crippen LogP contribution is 2.22. The molecule has 1 amide bonds. The van der Waals surface area contributed by atoms with Crippen LogP contribution < -0.4 is 21.9 Å². The fraction of sp³-hybridized carbons (Fsp3) is 0.417. The minimum atomic E-state index is -4.02. The van der Waals surface area contributed by atoms with E-state index in [4.69, 9.17) is 28.8 Å². The summed E-state index contributed by atoms with van der Waals surface area (Å²) in [7, 11) is -4.02. The molecule has 0 aliphatic rings. The summed E-state index contributed by atoms with van der Waals surface area (Å²) < 4.78 is 26.0. The molecule has 7 nitrogen and oxygen atoms in total. The second kappa shape index (κ2) is 7.60. The van der Waals surface area contributed by atoms with Crippen molar-refractivity contribution in [3.63, 3.8) is 0 Å². The Morgan fingerprint density at radius 3 is 2.57 bits per heavy atom. The van der Waals surface area contributed by atoms with Crippen LogP contribution in [0.1, 0.15) is 19.3 Å². The maximum absolute atomic E-state index is 12.0. The molecule has 0 aliphatic carbocycles. The molecule has 0 saturated carbocycles. The Morgan fingerprint density at radius 2 is 2.00 bits per heavy atom. The molecular formula is C12H19ClN4O3S. The second-order valence-electron chi connectivity index (χ2n) is 4.54. The van der Waals surface area contributed by atoms with E-state index < -0.39 is 22.0 Å². The van der Waals surface area contributed by atoms with Gasteiger partial charge < -0.3 is 17.2 Å². The van der Waals surface area contributed by atoms with E-state index in [1.807, 2.05) is 4.72 Å². The SMILES string of the molecule is NCCCCC(N)C(=O)NS(=O)(=O)c1ccc(N)c(Cl)c1. The van der Waals surface area contributed by atoms with E-state index in [2.05, 4.69) is 0 Å². The molecule has 9 heteroatoms. The summed E-state index contributed by atoms with van der Waals surface area (Å²) in [6.45, 7) is 0.497. The first-order chi connectivity index (χ1) is 9.77. The van der Waals surface area contributed by atoms with Crippen LogP contribution >= 0.6 is 11.6 Å². The van der Waals surface area contributed by atoms with Crippen LogP contribution in [-0.4, -0.2) is 26.9 Å². The number of unbranched alkanes of at least 4 members (excludes halogenated alkanes) is 1. The summed E-state index contributed by atoms with van der Waals surface area (Å²) in [4.78, 5) is 11.6. The molecule has 0 heterocycles. The lowest BCUT2D eigenvalue weighted by molar-refractivity contribution is -0.120. The van der Waals surface area contributed by atoms with Crippen molar-refractivity contribution in [3.8, 4) is 0 Å². The average Bonchev–Trinajstić information content (AvgIpc) is 2.41. The summed E-state index contributed by atoms with van der Waals surface area (Å²) >= 11 is 5.76. The highest BCUT2D eigenvalue weighted by molar-refractivity contribution is 7.90. The van der Waals surface area contributed by atoms with Crippen molar-refractivity contribution in [1.29, 1.82) is 0 Å². The Kier molecular flexibility index (Phi) is 6.41. The van der Waals surface area contributed by atoms with Gasteiger partial charge in [-0.25, -0.2) is 13.1 Å². The molecule has 1 rings (SSSR count). The zero-order chi connectivity index (χ0) is 16.0. The number of amides is 1. The first-order valence-corrected chi connectivity index (χ1v) is 8.21. The molecule has 1 atom stereocenters. The number of halogens is 1. The number of anilines is 1. The zero-order valence-electron chi connectivity index (χ0n) is 11.4. The van der Waals surface area contributed by atoms with Gasteiger partial charge in [-0.3, -0.25) is 4.79 Å². The molecule has 0 spiro atoms. The van der Waals surface area contributed by atoms with Crippen molar-refractivity contribution < 1.29 is 13.2 Å². The van der Waals surface area contributed by atoms with Crippen molar-refractivity contribution in [1.82, 2.24) is 4.72 Å². The second-order valence-corrected chi connectivity index (χ2v) is 6.63. The number of hydrogen-bond acceptors (Lipinski definition) is 6. The Bertz CT molecular complexity index is 607. The standard InChI is InChI=1S/C12H19ClN4O3S/c13-9-7-8(4-5-10(9)15)21(19,20)17-12(18)11(16)3-1-2-6-14/h4-5,7,11H,1-3,6,14-16H2,(H,17,18). The van der Waals surface area contributed by atoms with Crippen molar-refractivity contribution in [3.05, 3.63) is 23.2 Å². The van der Waals surface area contributed by atoms with Crippen LogP contribution in [0.25, 0.3) is 0 Å². The molecule has 0 bridgehead atoms. The molecule has 1 unspecified atom stereocenters. The Hall–Kier alpha value is -1.35. The maximum Gasteiger partial charge on any atom is 0.264 e. The van der Waals surface area contributed by atoms with E-state index in [9.17, 15) is 13.2 Å². The predicted molar refractivity (Wildman–Crippen MR) is 82.1 cm³/mol. The number of nitrogens with one attached hydrogen (secondary N) is 1. The normalized spacial score (nSPS) is 12.9. The third-order valence-corrected chi connectivity index (χ3v) is 4.49. The van der Waals surface area contributed by atoms with Crippen LogP contribution in [0.15, 0.2) is 23.1 Å². The van der Waals surface area contributed by atoms with Crippen molar-refractivity contribution in [2.45, 2.75) is 30.2 Å². The summed E-state index contributed by atoms with van der Waals surface area (Å²) in [6.07, 6.45) is 1.74. The smallest absolute Gasteiger partial charge is 0.264 e. The van der Waals surface area contributed by atoms with Crippen LogP contribution in [0, 0.1) is 0 Å². The van der Waals surface area contributed by atoms with Crippen molar-refractivity contribution >= 4 is 33.2 Å². The van der Waals surface area contributed by atoms with Crippen molar-refractivity contribution in [2.75, 3.05) is 12.3 Å². The van der Waals surface area contributed by atoms with Gasteiger partial charge >= 0.3 is 0 Å². The minimum absolute atomic E-state index is 0.0950. The van der Waals surface area contributed by atoms with Crippen molar-refractivity contribution in [2.24, 2.45) is 11.5 Å². The monoisotopic (exact) mass is 334 g/mol. The lowest BCUT2D eigenvalue weighted by Crippen LogP contribution is -2.43. The third kappa shape index (κ3) is 5.16. The highest BCUT2D eigenvalue weighted by Gasteiger charge is 2.22. The summed E-state index contributed by atoms with van der Waals surface area (Å²) in [5, 5.41) is 0.0950. The van der Waals surface area contributed by atoms with Crippen LogP contribution in [0.5, 0.6) is 0 Å². The summed E-state index contributed by atoms with van der Waals surface area (Å²) in [5.41, 5.74) is 16.7.